The summed E-state index contributed by atoms with van der Waals surface area (Å²) in [5.74, 6) is -0.0173. The second-order valence-electron chi connectivity index (χ2n) is 7.06. The van der Waals surface area contributed by atoms with E-state index in [4.69, 9.17) is 0 Å². The normalized spacial score (nSPS) is 29.1. The van der Waals surface area contributed by atoms with Crippen LogP contribution in [0.4, 0.5) is 0 Å². The molecule has 0 aromatic carbocycles. The molecule has 21 heavy (non-hydrogen) atoms. The minimum atomic E-state index is -0.766. The van der Waals surface area contributed by atoms with E-state index in [1.54, 1.807) is 0 Å². The van der Waals surface area contributed by atoms with Gasteiger partial charge in [0.2, 0.25) is 5.91 Å². The van der Waals surface area contributed by atoms with E-state index in [0.717, 1.165) is 25.8 Å². The summed E-state index contributed by atoms with van der Waals surface area (Å²) in [5, 5.41) is 9.53. The largest absolute Gasteiger partial charge is 0.480 e. The van der Waals surface area contributed by atoms with Crippen LogP contribution in [0.5, 0.6) is 0 Å². The maximum atomic E-state index is 12.6. The Kier molecular flexibility index (Phi) is 4.91. The van der Waals surface area contributed by atoms with Crippen molar-refractivity contribution in [3.8, 4) is 0 Å². The van der Waals surface area contributed by atoms with E-state index in [2.05, 4.69) is 0 Å². The molecule has 3 atom stereocenters. The molecule has 1 saturated heterocycles. The molecule has 2 fully saturated rings. The number of hydrogen-bond donors (Lipinski definition) is 1. The Bertz CT molecular complexity index is 400. The first-order valence-corrected chi connectivity index (χ1v) is 8.11. The van der Waals surface area contributed by atoms with E-state index in [-0.39, 0.29) is 30.5 Å². The summed E-state index contributed by atoms with van der Waals surface area (Å²) in [4.78, 5) is 27.9. The molecule has 0 aromatic rings. The van der Waals surface area contributed by atoms with Crippen LogP contribution in [0.2, 0.25) is 0 Å². The van der Waals surface area contributed by atoms with E-state index in [1.165, 1.54) is 0 Å². The highest BCUT2D eigenvalue weighted by molar-refractivity contribution is 5.81. The molecule has 5 nitrogen and oxygen atoms in total. The van der Waals surface area contributed by atoms with Crippen LogP contribution < -0.4 is 0 Å². The SMILES string of the molecule is CC(C)N(C(=O)CN1CC2CCCC2C1C(=O)O)C(C)C. The topological polar surface area (TPSA) is 60.9 Å². The molecule has 1 saturated carbocycles. The van der Waals surface area contributed by atoms with Crippen molar-refractivity contribution < 1.29 is 14.7 Å². The lowest BCUT2D eigenvalue weighted by molar-refractivity contribution is -0.145. The Balaban J connectivity index is 2.07. The Morgan fingerprint density at radius 3 is 2.33 bits per heavy atom. The van der Waals surface area contributed by atoms with Gasteiger partial charge in [-0.05, 0) is 52.4 Å². The number of aliphatic carboxylic acids is 1. The molecule has 0 spiro atoms. The van der Waals surface area contributed by atoms with E-state index in [1.807, 2.05) is 37.5 Å². The predicted octanol–water partition coefficient (Wildman–Crippen LogP) is 1.82. The van der Waals surface area contributed by atoms with Gasteiger partial charge in [-0.25, -0.2) is 0 Å². The maximum Gasteiger partial charge on any atom is 0.321 e. The van der Waals surface area contributed by atoms with Crippen LogP contribution in [0, 0.1) is 11.8 Å². The molecule has 0 radical (unpaired) electrons. The number of carbonyl (C=O) groups excluding carboxylic acids is 1. The molecule has 1 heterocycles. The number of rotatable bonds is 5. The van der Waals surface area contributed by atoms with Gasteiger partial charge in [0.05, 0.1) is 6.54 Å². The summed E-state index contributed by atoms with van der Waals surface area (Å²) in [6.45, 7) is 9.02. The van der Waals surface area contributed by atoms with Gasteiger partial charge in [0.25, 0.3) is 0 Å². The highest BCUT2D eigenvalue weighted by Crippen LogP contribution is 2.42. The number of hydrogen-bond acceptors (Lipinski definition) is 3. The lowest BCUT2D eigenvalue weighted by Gasteiger charge is -2.33. The Hall–Kier alpha value is -1.10. The molecule has 0 bridgehead atoms. The lowest BCUT2D eigenvalue weighted by atomic mass is 9.94. The van der Waals surface area contributed by atoms with Crippen molar-refractivity contribution in [2.24, 2.45) is 11.8 Å². The molecule has 5 heteroatoms. The molecular weight excluding hydrogens is 268 g/mol. The smallest absolute Gasteiger partial charge is 0.321 e. The van der Waals surface area contributed by atoms with Crippen molar-refractivity contribution in [1.29, 1.82) is 0 Å². The molecular formula is C16H28N2O3. The van der Waals surface area contributed by atoms with Gasteiger partial charge in [-0.1, -0.05) is 6.42 Å². The summed E-state index contributed by atoms with van der Waals surface area (Å²) in [5.41, 5.74) is 0. The fraction of sp³-hybridized carbons (Fsp3) is 0.875. The summed E-state index contributed by atoms with van der Waals surface area (Å²) < 4.78 is 0. The van der Waals surface area contributed by atoms with Crippen LogP contribution in [-0.4, -0.2) is 58.0 Å². The number of carboxylic acid groups (broad SMARTS) is 1. The number of fused-ring (bicyclic) bond motifs is 1. The van der Waals surface area contributed by atoms with Gasteiger partial charge in [0.1, 0.15) is 6.04 Å². The van der Waals surface area contributed by atoms with Gasteiger partial charge in [0.15, 0.2) is 0 Å². The number of amides is 1. The van der Waals surface area contributed by atoms with Crippen molar-refractivity contribution in [3.63, 3.8) is 0 Å². The molecule has 1 amide bonds. The van der Waals surface area contributed by atoms with Crippen LogP contribution in [0.25, 0.3) is 0 Å². The summed E-state index contributed by atoms with van der Waals surface area (Å²) in [7, 11) is 0. The monoisotopic (exact) mass is 296 g/mol. The van der Waals surface area contributed by atoms with Crippen molar-refractivity contribution in [3.05, 3.63) is 0 Å². The fourth-order valence-electron chi connectivity index (χ4n) is 4.32. The Morgan fingerprint density at radius 1 is 1.19 bits per heavy atom. The summed E-state index contributed by atoms with van der Waals surface area (Å²) in [6, 6.07) is -0.187. The van der Waals surface area contributed by atoms with Crippen molar-refractivity contribution >= 4 is 11.9 Å². The molecule has 0 aromatic heterocycles. The molecule has 2 rings (SSSR count). The molecule has 1 aliphatic carbocycles. The molecule has 1 aliphatic heterocycles. The molecule has 2 aliphatic rings. The maximum absolute atomic E-state index is 12.6. The Morgan fingerprint density at radius 2 is 1.81 bits per heavy atom. The second kappa shape index (κ2) is 6.34. The van der Waals surface area contributed by atoms with Crippen molar-refractivity contribution in [1.82, 2.24) is 9.80 Å². The molecule has 1 N–H and O–H groups in total. The molecule has 120 valence electrons. The van der Waals surface area contributed by atoms with Gasteiger partial charge in [-0.3, -0.25) is 14.5 Å². The minimum absolute atomic E-state index is 0.0474. The predicted molar refractivity (Wildman–Crippen MR) is 80.9 cm³/mol. The zero-order valence-corrected chi connectivity index (χ0v) is 13.6. The van der Waals surface area contributed by atoms with Crippen LogP contribution in [0.3, 0.4) is 0 Å². The van der Waals surface area contributed by atoms with Gasteiger partial charge >= 0.3 is 5.97 Å². The first-order chi connectivity index (χ1) is 9.82. The number of carboxylic acids is 1. The van der Waals surface area contributed by atoms with Crippen LogP contribution in [0.1, 0.15) is 47.0 Å². The van der Waals surface area contributed by atoms with E-state index in [0.29, 0.717) is 5.92 Å². The average Bonchev–Trinajstić information content (AvgIpc) is 2.86. The first-order valence-electron chi connectivity index (χ1n) is 8.11. The third-order valence-electron chi connectivity index (χ3n) is 4.98. The summed E-state index contributed by atoms with van der Waals surface area (Å²) >= 11 is 0. The molecule has 3 unspecified atom stereocenters. The van der Waals surface area contributed by atoms with Gasteiger partial charge < -0.3 is 10.0 Å². The minimum Gasteiger partial charge on any atom is -0.480 e. The number of likely N-dealkylation sites (tertiary alicyclic amines) is 1. The highest BCUT2D eigenvalue weighted by atomic mass is 16.4. The summed E-state index contributed by atoms with van der Waals surface area (Å²) in [6.07, 6.45) is 3.23. The van der Waals surface area contributed by atoms with Gasteiger partial charge in [0, 0.05) is 18.6 Å². The van der Waals surface area contributed by atoms with Crippen LogP contribution in [-0.2, 0) is 9.59 Å². The zero-order valence-electron chi connectivity index (χ0n) is 13.6. The first kappa shape index (κ1) is 16.3. The zero-order chi connectivity index (χ0) is 15.7. The highest BCUT2D eigenvalue weighted by Gasteiger charge is 2.48. The number of carbonyl (C=O) groups is 2. The third kappa shape index (κ3) is 3.23. The van der Waals surface area contributed by atoms with Gasteiger partial charge in [-0.2, -0.15) is 0 Å². The van der Waals surface area contributed by atoms with Gasteiger partial charge in [-0.15, -0.1) is 0 Å². The lowest BCUT2D eigenvalue weighted by Crippen LogP contribution is -2.50. The van der Waals surface area contributed by atoms with Crippen molar-refractivity contribution in [2.45, 2.75) is 65.1 Å². The van der Waals surface area contributed by atoms with Crippen LogP contribution in [0.15, 0.2) is 0 Å². The second-order valence-corrected chi connectivity index (χ2v) is 7.06. The van der Waals surface area contributed by atoms with E-state index >= 15 is 0 Å². The number of nitrogens with zero attached hydrogens (tertiary/aromatic N) is 2. The van der Waals surface area contributed by atoms with Crippen molar-refractivity contribution in [2.75, 3.05) is 13.1 Å². The fourth-order valence-corrected chi connectivity index (χ4v) is 4.32. The van der Waals surface area contributed by atoms with E-state index < -0.39 is 12.0 Å². The third-order valence-corrected chi connectivity index (χ3v) is 4.98. The standard InChI is InChI=1S/C16H28N2O3/c1-10(2)18(11(3)4)14(19)9-17-8-12-6-5-7-13(12)15(17)16(20)21/h10-13,15H,5-9H2,1-4H3,(H,20,21). The average molecular weight is 296 g/mol. The quantitative estimate of drug-likeness (QED) is 0.840. The van der Waals surface area contributed by atoms with E-state index in [9.17, 15) is 14.7 Å². The Labute approximate surface area is 127 Å². The van der Waals surface area contributed by atoms with Crippen LogP contribution >= 0.6 is 0 Å².